The van der Waals surface area contributed by atoms with E-state index in [9.17, 15) is 9.90 Å². The minimum atomic E-state index is -0.707. The maximum absolute atomic E-state index is 12.3. The Kier molecular flexibility index (Phi) is 3.67. The van der Waals surface area contributed by atoms with Gasteiger partial charge in [0.2, 0.25) is 0 Å². The molecule has 1 saturated heterocycles. The van der Waals surface area contributed by atoms with Crippen molar-refractivity contribution in [1.29, 1.82) is 0 Å². The van der Waals surface area contributed by atoms with Crippen LogP contribution >= 0.6 is 0 Å². The Balaban J connectivity index is 2.05. The molecule has 1 aliphatic heterocycles. The highest BCUT2D eigenvalue weighted by Crippen LogP contribution is 2.30. The maximum Gasteiger partial charge on any atom is 0.254 e. The average Bonchev–Trinajstić information content (AvgIpc) is 2.33. The Morgan fingerprint density at radius 2 is 1.70 bits per heavy atom. The molecule has 1 N–H and O–H groups in total. The third kappa shape index (κ3) is 2.73. The van der Waals surface area contributed by atoms with E-state index in [2.05, 4.69) is 20.8 Å². The van der Waals surface area contributed by atoms with Gasteiger partial charge in [0.25, 0.3) is 5.91 Å². The van der Waals surface area contributed by atoms with E-state index in [1.165, 1.54) is 5.56 Å². The Morgan fingerprint density at radius 3 is 2.10 bits per heavy atom. The van der Waals surface area contributed by atoms with Crippen LogP contribution in [0.1, 0.15) is 50.5 Å². The van der Waals surface area contributed by atoms with Crippen molar-refractivity contribution in [1.82, 2.24) is 4.90 Å². The number of hydrogen-bond donors (Lipinski definition) is 1. The Labute approximate surface area is 121 Å². The summed E-state index contributed by atoms with van der Waals surface area (Å²) in [7, 11) is 0. The van der Waals surface area contributed by atoms with Gasteiger partial charge in [-0.2, -0.15) is 0 Å². The molecule has 1 aromatic carbocycles. The third-order valence-corrected chi connectivity index (χ3v) is 4.29. The molecule has 1 aromatic rings. The van der Waals surface area contributed by atoms with Gasteiger partial charge in [-0.15, -0.1) is 0 Å². The fourth-order valence-electron chi connectivity index (χ4n) is 2.42. The van der Waals surface area contributed by atoms with Gasteiger partial charge in [-0.1, -0.05) is 46.8 Å². The van der Waals surface area contributed by atoms with Crippen LogP contribution in [0, 0.1) is 5.92 Å². The zero-order valence-electron chi connectivity index (χ0n) is 13.1. The fourth-order valence-corrected chi connectivity index (χ4v) is 2.42. The van der Waals surface area contributed by atoms with Gasteiger partial charge in [0.1, 0.15) is 5.60 Å². The van der Waals surface area contributed by atoms with Crippen molar-refractivity contribution in [3.63, 3.8) is 0 Å². The Morgan fingerprint density at radius 1 is 1.20 bits per heavy atom. The highest BCUT2D eigenvalue weighted by atomic mass is 16.3. The molecule has 0 radical (unpaired) electrons. The van der Waals surface area contributed by atoms with Gasteiger partial charge in [-0.3, -0.25) is 4.79 Å². The standard InChI is InChI=1S/C17H25NO2/c1-12(2)17(20)10-18(11-17)15(19)13-6-8-14(9-7-13)16(3,4)5/h6-9,12,20H,10-11H2,1-5H3. The summed E-state index contributed by atoms with van der Waals surface area (Å²) in [6.07, 6.45) is 0. The summed E-state index contributed by atoms with van der Waals surface area (Å²) in [6.45, 7) is 11.3. The molecule has 1 amide bonds. The first-order valence-electron chi connectivity index (χ1n) is 7.26. The molecule has 0 unspecified atom stereocenters. The van der Waals surface area contributed by atoms with Gasteiger partial charge >= 0.3 is 0 Å². The first kappa shape index (κ1) is 15.0. The predicted molar refractivity (Wildman–Crippen MR) is 80.8 cm³/mol. The number of carbonyl (C=O) groups is 1. The lowest BCUT2D eigenvalue weighted by Crippen LogP contribution is -2.65. The number of amides is 1. The zero-order valence-corrected chi connectivity index (χ0v) is 13.1. The number of likely N-dealkylation sites (tertiary alicyclic amines) is 1. The van der Waals surface area contributed by atoms with Gasteiger partial charge in [0.15, 0.2) is 0 Å². The largest absolute Gasteiger partial charge is 0.386 e. The fraction of sp³-hybridized carbons (Fsp3) is 0.588. The van der Waals surface area contributed by atoms with Gasteiger partial charge in [-0.25, -0.2) is 0 Å². The van der Waals surface area contributed by atoms with Crippen molar-refractivity contribution in [2.45, 2.75) is 45.6 Å². The van der Waals surface area contributed by atoms with Crippen LogP contribution in [0.25, 0.3) is 0 Å². The van der Waals surface area contributed by atoms with Gasteiger partial charge in [0, 0.05) is 5.56 Å². The topological polar surface area (TPSA) is 40.5 Å². The van der Waals surface area contributed by atoms with E-state index in [0.29, 0.717) is 18.7 Å². The number of nitrogens with zero attached hydrogens (tertiary/aromatic N) is 1. The second kappa shape index (κ2) is 4.88. The number of hydrogen-bond acceptors (Lipinski definition) is 2. The predicted octanol–water partition coefficient (Wildman–Crippen LogP) is 2.83. The monoisotopic (exact) mass is 275 g/mol. The molecule has 0 aliphatic carbocycles. The van der Waals surface area contributed by atoms with Crippen LogP contribution in [-0.4, -0.2) is 34.6 Å². The molecule has 0 aromatic heterocycles. The molecular formula is C17H25NO2. The summed E-state index contributed by atoms with van der Waals surface area (Å²) in [5, 5.41) is 10.2. The molecule has 2 rings (SSSR count). The second-order valence-electron chi connectivity index (χ2n) is 7.25. The normalized spacial score (nSPS) is 18.1. The van der Waals surface area contributed by atoms with E-state index >= 15 is 0 Å². The van der Waals surface area contributed by atoms with Crippen molar-refractivity contribution >= 4 is 5.91 Å². The molecule has 1 aliphatic rings. The number of aliphatic hydroxyl groups is 1. The van der Waals surface area contributed by atoms with Gasteiger partial charge in [-0.05, 0) is 29.0 Å². The van der Waals surface area contributed by atoms with Crippen molar-refractivity contribution in [2.75, 3.05) is 13.1 Å². The van der Waals surface area contributed by atoms with Crippen LogP contribution in [-0.2, 0) is 5.41 Å². The van der Waals surface area contributed by atoms with E-state index < -0.39 is 5.60 Å². The van der Waals surface area contributed by atoms with Crippen molar-refractivity contribution in [3.05, 3.63) is 35.4 Å². The quantitative estimate of drug-likeness (QED) is 0.901. The molecule has 0 atom stereocenters. The maximum atomic E-state index is 12.3. The van der Waals surface area contributed by atoms with Crippen LogP contribution in [0.2, 0.25) is 0 Å². The highest BCUT2D eigenvalue weighted by molar-refractivity contribution is 5.95. The van der Waals surface area contributed by atoms with E-state index in [-0.39, 0.29) is 17.2 Å². The van der Waals surface area contributed by atoms with Crippen molar-refractivity contribution in [2.24, 2.45) is 5.92 Å². The summed E-state index contributed by atoms with van der Waals surface area (Å²) in [5.41, 5.74) is 1.30. The van der Waals surface area contributed by atoms with Crippen molar-refractivity contribution in [3.8, 4) is 0 Å². The molecule has 0 spiro atoms. The summed E-state index contributed by atoms with van der Waals surface area (Å²) >= 11 is 0. The lowest BCUT2D eigenvalue weighted by atomic mass is 9.82. The number of benzene rings is 1. The molecule has 20 heavy (non-hydrogen) atoms. The van der Waals surface area contributed by atoms with Crippen LogP contribution in [0.15, 0.2) is 24.3 Å². The van der Waals surface area contributed by atoms with Gasteiger partial charge < -0.3 is 10.0 Å². The Hall–Kier alpha value is -1.35. The molecule has 0 saturated carbocycles. The molecular weight excluding hydrogens is 250 g/mol. The minimum absolute atomic E-state index is 0.00999. The number of carbonyl (C=O) groups excluding carboxylic acids is 1. The minimum Gasteiger partial charge on any atom is -0.386 e. The SMILES string of the molecule is CC(C)C1(O)CN(C(=O)c2ccc(C(C)(C)C)cc2)C1. The van der Waals surface area contributed by atoms with Crippen LogP contribution < -0.4 is 0 Å². The van der Waals surface area contributed by atoms with Crippen LogP contribution in [0.5, 0.6) is 0 Å². The molecule has 1 fully saturated rings. The van der Waals surface area contributed by atoms with Crippen LogP contribution in [0.4, 0.5) is 0 Å². The van der Waals surface area contributed by atoms with E-state index in [1.807, 2.05) is 38.1 Å². The third-order valence-electron chi connectivity index (χ3n) is 4.29. The van der Waals surface area contributed by atoms with Crippen LogP contribution in [0.3, 0.4) is 0 Å². The number of β-amino-alcohol motifs (C(OH)–C–C–N with tert-alkyl or cyclic N) is 1. The first-order chi connectivity index (χ1) is 9.13. The van der Waals surface area contributed by atoms with E-state index in [4.69, 9.17) is 0 Å². The highest BCUT2D eigenvalue weighted by Gasteiger charge is 2.45. The number of rotatable bonds is 2. The van der Waals surface area contributed by atoms with E-state index in [1.54, 1.807) is 4.90 Å². The van der Waals surface area contributed by atoms with Gasteiger partial charge in [0.05, 0.1) is 13.1 Å². The summed E-state index contributed by atoms with van der Waals surface area (Å²) < 4.78 is 0. The lowest BCUT2D eigenvalue weighted by Gasteiger charge is -2.49. The molecule has 3 heteroatoms. The smallest absolute Gasteiger partial charge is 0.254 e. The lowest BCUT2D eigenvalue weighted by molar-refractivity contribution is -0.110. The second-order valence-corrected chi connectivity index (χ2v) is 7.25. The molecule has 1 heterocycles. The molecule has 0 bridgehead atoms. The van der Waals surface area contributed by atoms with E-state index in [0.717, 1.165) is 0 Å². The van der Waals surface area contributed by atoms with Crippen molar-refractivity contribution < 1.29 is 9.90 Å². The summed E-state index contributed by atoms with van der Waals surface area (Å²) in [4.78, 5) is 14.0. The zero-order chi connectivity index (χ0) is 15.1. The first-order valence-corrected chi connectivity index (χ1v) is 7.26. The molecule has 110 valence electrons. The Bertz CT molecular complexity index is 491. The summed E-state index contributed by atoms with van der Waals surface area (Å²) in [5.74, 6) is 0.186. The average molecular weight is 275 g/mol. The summed E-state index contributed by atoms with van der Waals surface area (Å²) in [6, 6.07) is 7.80. The molecule has 3 nitrogen and oxygen atoms in total.